The first-order chi connectivity index (χ1) is 15.4. The van der Waals surface area contributed by atoms with Crippen LogP contribution >= 0.6 is 11.3 Å². The number of nitro benzene ring substituents is 1. The molecule has 10 nitrogen and oxygen atoms in total. The zero-order chi connectivity index (χ0) is 22.7. The number of benzene rings is 2. The molecule has 0 radical (unpaired) electrons. The molecule has 11 heteroatoms. The number of hydrogen-bond donors (Lipinski definition) is 2. The third-order valence-electron chi connectivity index (χ3n) is 4.56. The van der Waals surface area contributed by atoms with E-state index in [9.17, 15) is 24.8 Å². The zero-order valence-corrected chi connectivity index (χ0v) is 17.2. The largest absolute Gasteiger partial charge is 0.502 e. The zero-order valence-electron chi connectivity index (χ0n) is 16.3. The fourth-order valence-corrected chi connectivity index (χ4v) is 3.95. The molecule has 0 aliphatic rings. The van der Waals surface area contributed by atoms with E-state index in [0.717, 1.165) is 23.3 Å². The number of amides is 1. The van der Waals surface area contributed by atoms with E-state index in [0.29, 0.717) is 15.8 Å². The Kier molecular flexibility index (Phi) is 5.73. The van der Waals surface area contributed by atoms with Gasteiger partial charge in [-0.3, -0.25) is 24.3 Å². The normalized spacial score (nSPS) is 11.1. The molecule has 4 rings (SSSR count). The van der Waals surface area contributed by atoms with Crippen LogP contribution in [0.5, 0.6) is 5.75 Å². The van der Waals surface area contributed by atoms with Crippen molar-refractivity contribution in [1.29, 1.82) is 0 Å². The molecule has 1 amide bonds. The van der Waals surface area contributed by atoms with Crippen molar-refractivity contribution in [3.63, 3.8) is 0 Å². The van der Waals surface area contributed by atoms with Gasteiger partial charge in [0.2, 0.25) is 0 Å². The van der Waals surface area contributed by atoms with Gasteiger partial charge >= 0.3 is 5.69 Å². The lowest BCUT2D eigenvalue weighted by atomic mass is 10.1. The van der Waals surface area contributed by atoms with Crippen molar-refractivity contribution >= 4 is 39.4 Å². The Morgan fingerprint density at radius 2 is 2.06 bits per heavy atom. The molecule has 0 fully saturated rings. The molecule has 2 aromatic heterocycles. The number of nitrogens with zero attached hydrogens (tertiary/aromatic N) is 4. The minimum Gasteiger partial charge on any atom is -0.502 e. The molecule has 0 aliphatic heterocycles. The van der Waals surface area contributed by atoms with Gasteiger partial charge in [-0.2, -0.15) is 5.10 Å². The van der Waals surface area contributed by atoms with Gasteiger partial charge in [-0.1, -0.05) is 30.3 Å². The van der Waals surface area contributed by atoms with Crippen LogP contribution in [0.4, 0.5) is 5.69 Å². The molecular weight excluding hydrogens is 434 g/mol. The fraction of sp³-hybridized carbons (Fsp3) is 0.0476. The topological polar surface area (TPSA) is 140 Å². The lowest BCUT2D eigenvalue weighted by Crippen LogP contribution is -2.30. The predicted molar refractivity (Wildman–Crippen MR) is 120 cm³/mol. The summed E-state index contributed by atoms with van der Waals surface area (Å²) in [6, 6.07) is 13.1. The third kappa shape index (κ3) is 4.23. The molecule has 4 aromatic rings. The Labute approximate surface area is 184 Å². The smallest absolute Gasteiger partial charge is 0.311 e. The molecule has 2 aromatic carbocycles. The maximum atomic E-state index is 13.0. The molecular formula is C21H15N5O5S. The summed E-state index contributed by atoms with van der Waals surface area (Å²) in [6.07, 6.45) is 2.50. The minimum absolute atomic E-state index is 0.306. The highest BCUT2D eigenvalue weighted by Crippen LogP contribution is 2.30. The summed E-state index contributed by atoms with van der Waals surface area (Å²) >= 11 is 1.35. The van der Waals surface area contributed by atoms with E-state index in [1.165, 1.54) is 34.5 Å². The third-order valence-corrected chi connectivity index (χ3v) is 5.44. The highest BCUT2D eigenvalue weighted by molar-refractivity contribution is 7.17. The molecule has 160 valence electrons. The van der Waals surface area contributed by atoms with Gasteiger partial charge in [0.1, 0.15) is 11.4 Å². The van der Waals surface area contributed by atoms with Crippen LogP contribution in [0.3, 0.4) is 0 Å². The molecule has 0 unspecified atom stereocenters. The van der Waals surface area contributed by atoms with Gasteiger partial charge in [-0.05, 0) is 17.7 Å². The molecule has 0 saturated heterocycles. The van der Waals surface area contributed by atoms with Gasteiger partial charge in [0.05, 0.1) is 22.9 Å². The Hall–Kier alpha value is -4.38. The van der Waals surface area contributed by atoms with E-state index in [2.05, 4.69) is 15.5 Å². The number of nitrogens with one attached hydrogen (secondary N) is 1. The van der Waals surface area contributed by atoms with E-state index in [4.69, 9.17) is 0 Å². The van der Waals surface area contributed by atoms with E-state index in [1.54, 1.807) is 0 Å². The van der Waals surface area contributed by atoms with Crippen LogP contribution < -0.4 is 11.0 Å². The maximum Gasteiger partial charge on any atom is 0.311 e. The summed E-state index contributed by atoms with van der Waals surface area (Å²) in [7, 11) is 0. The van der Waals surface area contributed by atoms with Crippen LogP contribution in [0.1, 0.15) is 5.56 Å². The van der Waals surface area contributed by atoms with Crippen molar-refractivity contribution in [3.8, 4) is 16.9 Å². The molecule has 0 spiro atoms. The van der Waals surface area contributed by atoms with E-state index >= 15 is 0 Å². The highest BCUT2D eigenvalue weighted by Gasteiger charge is 2.15. The number of hydrogen-bond acceptors (Lipinski definition) is 8. The molecule has 0 saturated carbocycles. The molecule has 0 bridgehead atoms. The number of carbonyl (C=O) groups is 1. The van der Waals surface area contributed by atoms with Gasteiger partial charge in [-0.15, -0.1) is 11.3 Å². The maximum absolute atomic E-state index is 13.0. The Balaban J connectivity index is 1.51. The van der Waals surface area contributed by atoms with Gasteiger partial charge < -0.3 is 5.11 Å². The summed E-state index contributed by atoms with van der Waals surface area (Å²) in [5.41, 5.74) is 3.39. The summed E-state index contributed by atoms with van der Waals surface area (Å²) in [6.45, 7) is -0.307. The number of hydrazone groups is 1. The van der Waals surface area contributed by atoms with Crippen molar-refractivity contribution < 1.29 is 14.8 Å². The van der Waals surface area contributed by atoms with E-state index in [1.807, 2.05) is 35.7 Å². The summed E-state index contributed by atoms with van der Waals surface area (Å²) < 4.78 is 1.19. The number of phenols is 1. The molecule has 32 heavy (non-hydrogen) atoms. The van der Waals surface area contributed by atoms with E-state index in [-0.39, 0.29) is 12.1 Å². The molecule has 2 N–H and O–H groups in total. The minimum atomic E-state index is -0.727. The van der Waals surface area contributed by atoms with Crippen LogP contribution in [-0.4, -0.2) is 31.7 Å². The van der Waals surface area contributed by atoms with Gasteiger partial charge in [0.15, 0.2) is 5.75 Å². The van der Waals surface area contributed by atoms with Crippen LogP contribution in [-0.2, 0) is 11.3 Å². The highest BCUT2D eigenvalue weighted by atomic mass is 32.1. The quantitative estimate of drug-likeness (QED) is 0.264. The number of rotatable bonds is 6. The number of phenolic OH excluding ortho intramolecular Hbond substituents is 1. The lowest BCUT2D eigenvalue weighted by molar-refractivity contribution is -0.385. The first-order valence-electron chi connectivity index (χ1n) is 9.25. The SMILES string of the molecule is O=C(Cn1cnc2scc(-c3ccccc3)c2c1=O)N/N=C\c1ccc(O)c([N+](=O)[O-])c1. The van der Waals surface area contributed by atoms with Crippen molar-refractivity contribution in [2.45, 2.75) is 6.54 Å². The van der Waals surface area contributed by atoms with Crippen molar-refractivity contribution in [2.24, 2.45) is 5.10 Å². The Morgan fingerprint density at radius 3 is 2.81 bits per heavy atom. The van der Waals surface area contributed by atoms with Gasteiger partial charge in [0, 0.05) is 22.6 Å². The van der Waals surface area contributed by atoms with Crippen molar-refractivity contribution in [1.82, 2.24) is 15.0 Å². The average molecular weight is 449 g/mol. The van der Waals surface area contributed by atoms with E-state index < -0.39 is 22.3 Å². The van der Waals surface area contributed by atoms with Crippen LogP contribution in [0.15, 0.2) is 70.1 Å². The second-order valence-electron chi connectivity index (χ2n) is 6.67. The first-order valence-corrected chi connectivity index (χ1v) is 10.1. The monoisotopic (exact) mass is 449 g/mol. The van der Waals surface area contributed by atoms with Gasteiger partial charge in [0.25, 0.3) is 11.5 Å². The van der Waals surface area contributed by atoms with Crippen molar-refractivity contribution in [2.75, 3.05) is 0 Å². The van der Waals surface area contributed by atoms with Crippen LogP contribution in [0.25, 0.3) is 21.3 Å². The summed E-state index contributed by atoms with van der Waals surface area (Å²) in [5, 5.41) is 26.4. The fourth-order valence-electron chi connectivity index (χ4n) is 3.05. The number of carbonyl (C=O) groups excluding carboxylic acids is 1. The van der Waals surface area contributed by atoms with Crippen molar-refractivity contribution in [3.05, 3.63) is 86.3 Å². The van der Waals surface area contributed by atoms with Gasteiger partial charge in [-0.25, -0.2) is 10.4 Å². The first kappa shape index (κ1) is 20.9. The Bertz CT molecular complexity index is 1410. The second kappa shape index (κ2) is 8.78. The lowest BCUT2D eigenvalue weighted by Gasteiger charge is -2.05. The number of fused-ring (bicyclic) bond motifs is 1. The number of nitro groups is 1. The predicted octanol–water partition coefficient (Wildman–Crippen LogP) is 2.89. The average Bonchev–Trinajstić information content (AvgIpc) is 3.22. The standard InChI is InChI=1S/C21H15N5O5S/c27-17-7-6-13(8-16(17)26(30)31)9-23-24-18(28)10-25-12-22-20-19(21(25)29)15(11-32-20)14-4-2-1-3-5-14/h1-9,11-12,27H,10H2,(H,24,28)/b23-9-. The second-order valence-corrected chi connectivity index (χ2v) is 7.53. The molecule has 0 atom stereocenters. The Morgan fingerprint density at radius 1 is 1.28 bits per heavy atom. The van der Waals surface area contributed by atoms with Crippen LogP contribution in [0, 0.1) is 10.1 Å². The number of aromatic hydroxyl groups is 1. The summed E-state index contributed by atoms with van der Waals surface area (Å²) in [4.78, 5) is 40.2. The number of thiophene rings is 1. The number of aromatic nitrogens is 2. The molecule has 0 aliphatic carbocycles. The molecule has 2 heterocycles. The summed E-state index contributed by atoms with van der Waals surface area (Å²) in [5.74, 6) is -1.05. The van der Waals surface area contributed by atoms with Crippen LogP contribution in [0.2, 0.25) is 0 Å².